The second kappa shape index (κ2) is 5.49. The second-order valence-electron chi connectivity index (χ2n) is 6.62. The number of amides is 1. The lowest BCUT2D eigenvalue weighted by molar-refractivity contribution is -0.133. The maximum Gasteiger partial charge on any atom is 0.241 e. The van der Waals surface area contributed by atoms with Crippen LogP contribution < -0.4 is 5.32 Å². The molecular weight excluding hydrogens is 268 g/mol. The van der Waals surface area contributed by atoms with Crippen LogP contribution in [0.25, 0.3) is 0 Å². The summed E-state index contributed by atoms with van der Waals surface area (Å²) in [6.07, 6.45) is 3.64. The Balaban J connectivity index is 1.88. The molecule has 4 heteroatoms. The third-order valence-corrected chi connectivity index (χ3v) is 5.60. The molecule has 4 unspecified atom stereocenters. The lowest BCUT2D eigenvalue weighted by atomic mass is 10.0. The van der Waals surface area contributed by atoms with E-state index >= 15 is 0 Å². The predicted octanol–water partition coefficient (Wildman–Crippen LogP) is 3.39. The number of carbonyl (C=O) groups excluding carboxylic acids is 1. The van der Waals surface area contributed by atoms with E-state index in [0.29, 0.717) is 17.9 Å². The van der Waals surface area contributed by atoms with Crippen LogP contribution in [0.15, 0.2) is 17.5 Å². The van der Waals surface area contributed by atoms with Crippen LogP contribution >= 0.6 is 11.3 Å². The van der Waals surface area contributed by atoms with Crippen molar-refractivity contribution < 1.29 is 4.79 Å². The number of thiophene rings is 1. The number of hydrogen-bond acceptors (Lipinski definition) is 3. The van der Waals surface area contributed by atoms with E-state index < -0.39 is 0 Å². The Morgan fingerprint density at radius 1 is 1.40 bits per heavy atom. The molecule has 1 aromatic rings. The normalized spacial score (nSPS) is 34.4. The van der Waals surface area contributed by atoms with Gasteiger partial charge in [0.1, 0.15) is 6.17 Å². The van der Waals surface area contributed by atoms with Crippen molar-refractivity contribution in [2.75, 3.05) is 0 Å². The van der Waals surface area contributed by atoms with Crippen molar-refractivity contribution in [3.8, 4) is 0 Å². The largest absolute Gasteiger partial charge is 0.318 e. The maximum absolute atomic E-state index is 12.8. The van der Waals surface area contributed by atoms with Gasteiger partial charge in [-0.25, -0.2) is 0 Å². The predicted molar refractivity (Wildman–Crippen MR) is 82.5 cm³/mol. The van der Waals surface area contributed by atoms with Crippen LogP contribution in [-0.2, 0) is 4.79 Å². The van der Waals surface area contributed by atoms with Crippen LogP contribution in [0.5, 0.6) is 0 Å². The molecule has 110 valence electrons. The highest BCUT2D eigenvalue weighted by atomic mass is 32.1. The van der Waals surface area contributed by atoms with Crippen molar-refractivity contribution >= 4 is 17.2 Å². The fourth-order valence-corrected chi connectivity index (χ4v) is 4.36. The smallest absolute Gasteiger partial charge is 0.241 e. The average Bonchev–Trinajstić information content (AvgIpc) is 3.07. The maximum atomic E-state index is 12.8. The molecule has 1 saturated carbocycles. The van der Waals surface area contributed by atoms with Gasteiger partial charge in [0.15, 0.2) is 0 Å². The molecule has 2 heterocycles. The summed E-state index contributed by atoms with van der Waals surface area (Å²) < 4.78 is 0. The minimum absolute atomic E-state index is 0.0296. The van der Waals surface area contributed by atoms with E-state index in [1.54, 1.807) is 11.3 Å². The SMILES string of the molecule is CC1CCC(N2C(=O)C(C(C)C)NC2c2cccs2)C1. The zero-order chi connectivity index (χ0) is 14.3. The van der Waals surface area contributed by atoms with Gasteiger partial charge in [0, 0.05) is 10.9 Å². The number of hydrogen-bond donors (Lipinski definition) is 1. The van der Waals surface area contributed by atoms with Crippen molar-refractivity contribution in [2.45, 2.75) is 58.3 Å². The van der Waals surface area contributed by atoms with Crippen LogP contribution in [0.4, 0.5) is 0 Å². The first kappa shape index (κ1) is 14.1. The van der Waals surface area contributed by atoms with Gasteiger partial charge in [0.05, 0.1) is 6.04 Å². The molecule has 4 atom stereocenters. The Morgan fingerprint density at radius 2 is 2.20 bits per heavy atom. The minimum Gasteiger partial charge on any atom is -0.318 e. The zero-order valence-corrected chi connectivity index (χ0v) is 13.3. The Labute approximate surface area is 125 Å². The minimum atomic E-state index is -0.0296. The molecule has 1 aromatic heterocycles. The Morgan fingerprint density at radius 3 is 2.75 bits per heavy atom. The number of rotatable bonds is 3. The van der Waals surface area contributed by atoms with Gasteiger partial charge in [0.2, 0.25) is 5.91 Å². The topological polar surface area (TPSA) is 32.3 Å². The lowest BCUT2D eigenvalue weighted by Gasteiger charge is -2.29. The highest BCUT2D eigenvalue weighted by Gasteiger charge is 2.45. The third-order valence-electron chi connectivity index (χ3n) is 4.68. The number of nitrogens with zero attached hydrogens (tertiary/aromatic N) is 1. The summed E-state index contributed by atoms with van der Waals surface area (Å²) in [5, 5.41) is 5.67. The fourth-order valence-electron chi connectivity index (χ4n) is 3.57. The first-order valence-corrected chi connectivity index (χ1v) is 8.57. The highest BCUT2D eigenvalue weighted by molar-refractivity contribution is 7.10. The van der Waals surface area contributed by atoms with Gasteiger partial charge in [-0.1, -0.05) is 26.8 Å². The van der Waals surface area contributed by atoms with E-state index in [2.05, 4.69) is 48.5 Å². The molecule has 1 N–H and O–H groups in total. The summed E-state index contributed by atoms with van der Waals surface area (Å²) >= 11 is 1.74. The molecule has 1 aliphatic carbocycles. The van der Waals surface area contributed by atoms with E-state index in [0.717, 1.165) is 18.8 Å². The van der Waals surface area contributed by atoms with Gasteiger partial charge in [-0.15, -0.1) is 11.3 Å². The molecule has 1 aliphatic heterocycles. The summed E-state index contributed by atoms with van der Waals surface area (Å²) in [6, 6.07) is 4.60. The quantitative estimate of drug-likeness (QED) is 0.926. The molecule has 2 fully saturated rings. The fraction of sp³-hybridized carbons (Fsp3) is 0.688. The van der Waals surface area contributed by atoms with E-state index in [9.17, 15) is 4.79 Å². The van der Waals surface area contributed by atoms with Crippen LogP contribution in [-0.4, -0.2) is 22.9 Å². The van der Waals surface area contributed by atoms with Crippen LogP contribution in [0.3, 0.4) is 0 Å². The van der Waals surface area contributed by atoms with Crippen molar-refractivity contribution in [2.24, 2.45) is 11.8 Å². The highest BCUT2D eigenvalue weighted by Crippen LogP contribution is 2.38. The molecule has 20 heavy (non-hydrogen) atoms. The summed E-state index contributed by atoms with van der Waals surface area (Å²) in [6.45, 7) is 6.55. The molecule has 0 radical (unpaired) electrons. The van der Waals surface area contributed by atoms with Crippen molar-refractivity contribution in [3.05, 3.63) is 22.4 Å². The summed E-state index contributed by atoms with van der Waals surface area (Å²) in [4.78, 5) is 16.2. The summed E-state index contributed by atoms with van der Waals surface area (Å²) in [5.41, 5.74) is 0. The van der Waals surface area contributed by atoms with Crippen LogP contribution in [0.2, 0.25) is 0 Å². The molecule has 0 spiro atoms. The molecular formula is C16H24N2OS. The Kier molecular flexibility index (Phi) is 3.87. The standard InChI is InChI=1S/C16H24N2OS/c1-10(2)14-16(19)18(12-7-6-11(3)9-12)15(17-14)13-5-4-8-20-13/h4-5,8,10-12,14-15,17H,6-7,9H2,1-3H3. The van der Waals surface area contributed by atoms with Gasteiger partial charge >= 0.3 is 0 Å². The van der Waals surface area contributed by atoms with Crippen LogP contribution in [0.1, 0.15) is 51.1 Å². The second-order valence-corrected chi connectivity index (χ2v) is 7.60. The van der Waals surface area contributed by atoms with Gasteiger partial charge in [-0.05, 0) is 42.5 Å². The van der Waals surface area contributed by atoms with E-state index in [1.165, 1.54) is 11.3 Å². The van der Waals surface area contributed by atoms with Gasteiger partial charge < -0.3 is 4.90 Å². The van der Waals surface area contributed by atoms with Crippen molar-refractivity contribution in [1.82, 2.24) is 10.2 Å². The molecule has 0 aromatic carbocycles. The monoisotopic (exact) mass is 292 g/mol. The lowest BCUT2D eigenvalue weighted by Crippen LogP contribution is -2.39. The molecule has 1 saturated heterocycles. The zero-order valence-electron chi connectivity index (χ0n) is 12.5. The van der Waals surface area contributed by atoms with Gasteiger partial charge in [0.25, 0.3) is 0 Å². The van der Waals surface area contributed by atoms with E-state index in [1.807, 2.05) is 0 Å². The molecule has 2 aliphatic rings. The van der Waals surface area contributed by atoms with Crippen LogP contribution in [0, 0.1) is 11.8 Å². The van der Waals surface area contributed by atoms with Gasteiger partial charge in [-0.3, -0.25) is 10.1 Å². The number of carbonyl (C=O) groups is 1. The first-order valence-electron chi connectivity index (χ1n) is 7.69. The first-order chi connectivity index (χ1) is 9.58. The van der Waals surface area contributed by atoms with Crippen molar-refractivity contribution in [3.63, 3.8) is 0 Å². The Hall–Kier alpha value is -0.870. The molecule has 3 rings (SSSR count). The van der Waals surface area contributed by atoms with E-state index in [4.69, 9.17) is 0 Å². The molecule has 1 amide bonds. The van der Waals surface area contributed by atoms with Crippen molar-refractivity contribution in [1.29, 1.82) is 0 Å². The third kappa shape index (κ3) is 2.40. The number of nitrogens with one attached hydrogen (secondary N) is 1. The van der Waals surface area contributed by atoms with E-state index in [-0.39, 0.29) is 12.2 Å². The summed E-state index contributed by atoms with van der Waals surface area (Å²) in [7, 11) is 0. The Bertz CT molecular complexity index is 471. The average molecular weight is 292 g/mol. The molecule has 3 nitrogen and oxygen atoms in total. The van der Waals surface area contributed by atoms with Gasteiger partial charge in [-0.2, -0.15) is 0 Å². The molecule has 0 bridgehead atoms. The summed E-state index contributed by atoms with van der Waals surface area (Å²) in [5.74, 6) is 1.39.